The van der Waals surface area contributed by atoms with Crippen LogP contribution in [0.3, 0.4) is 0 Å². The zero-order chi connectivity index (χ0) is 20.9. The third-order valence-electron chi connectivity index (χ3n) is 10.2. The molecule has 0 aromatic heterocycles. The summed E-state index contributed by atoms with van der Waals surface area (Å²) in [6, 6.07) is 0. The number of rotatable bonds is 5. The fourth-order valence-electron chi connectivity index (χ4n) is 7.72. The summed E-state index contributed by atoms with van der Waals surface area (Å²) < 4.78 is 0. The first kappa shape index (κ1) is 22.3. The minimum atomic E-state index is -0.234. The first-order valence-electron chi connectivity index (χ1n) is 11.9. The second-order valence-corrected chi connectivity index (χ2v) is 11.5. The van der Waals surface area contributed by atoms with Crippen LogP contribution in [-0.4, -0.2) is 28.2 Å². The number of hydrogen-bond acceptors (Lipinski definition) is 3. The number of Topliss-reactive ketones (excluding diaryl/α,β-unsaturated/α-hetero) is 1. The standard InChI is InChI=1S/C25H44O3/c1-15(7-8-16(2)26)17(3)24(5)12-10-21-23(18(24)4)22(28)14-19-13-20(27)9-11-25(19,21)6/h15,17-23,27-28H,7-14H2,1-6H3/t15-,17-,18+,19+,20-,21+,22-,23+,24-,25+/m1/s1. The van der Waals surface area contributed by atoms with Crippen molar-refractivity contribution in [3.63, 3.8) is 0 Å². The molecule has 0 aromatic rings. The van der Waals surface area contributed by atoms with Crippen molar-refractivity contribution in [3.05, 3.63) is 0 Å². The molecular weight excluding hydrogens is 348 g/mol. The van der Waals surface area contributed by atoms with Gasteiger partial charge in [-0.15, -0.1) is 0 Å². The van der Waals surface area contributed by atoms with Gasteiger partial charge in [-0.1, -0.05) is 34.6 Å². The molecule has 0 heterocycles. The molecule has 0 unspecified atom stereocenters. The lowest BCUT2D eigenvalue weighted by atomic mass is 9.42. The highest BCUT2D eigenvalue weighted by Crippen LogP contribution is 2.64. The van der Waals surface area contributed by atoms with Crippen molar-refractivity contribution in [1.82, 2.24) is 0 Å². The Kier molecular flexibility index (Phi) is 6.38. The lowest BCUT2D eigenvalue weighted by molar-refractivity contribution is -0.180. The lowest BCUT2D eigenvalue weighted by Gasteiger charge is -2.63. The normalized spacial score (nSPS) is 48.3. The summed E-state index contributed by atoms with van der Waals surface area (Å²) in [4.78, 5) is 11.5. The number of carbonyl (C=O) groups is 1. The number of hydrogen-bond donors (Lipinski definition) is 2. The lowest BCUT2D eigenvalue weighted by Crippen LogP contribution is -2.59. The Morgan fingerprint density at radius 2 is 1.79 bits per heavy atom. The van der Waals surface area contributed by atoms with E-state index in [0.29, 0.717) is 47.7 Å². The van der Waals surface area contributed by atoms with Gasteiger partial charge < -0.3 is 15.0 Å². The molecular formula is C25H44O3. The quantitative estimate of drug-likeness (QED) is 0.673. The monoisotopic (exact) mass is 392 g/mol. The van der Waals surface area contributed by atoms with E-state index in [1.54, 1.807) is 6.92 Å². The SMILES string of the molecule is CC(=O)CC[C@@H](C)[C@@H](C)[C@@]1(C)CC[C@H]2[C@@H]([C@H](O)C[C@@H]3C[C@H](O)CC[C@@]32C)[C@@H]1C. The average Bonchev–Trinajstić information content (AvgIpc) is 2.63. The summed E-state index contributed by atoms with van der Waals surface area (Å²) in [5, 5.41) is 21.4. The van der Waals surface area contributed by atoms with Gasteiger partial charge in [-0.3, -0.25) is 0 Å². The maximum Gasteiger partial charge on any atom is 0.129 e. The Labute approximate surface area is 172 Å². The van der Waals surface area contributed by atoms with E-state index in [1.807, 2.05) is 0 Å². The molecule has 162 valence electrons. The zero-order valence-electron chi connectivity index (χ0n) is 19.1. The van der Waals surface area contributed by atoms with E-state index in [1.165, 1.54) is 12.8 Å². The van der Waals surface area contributed by atoms with Crippen molar-refractivity contribution in [2.45, 2.75) is 105 Å². The van der Waals surface area contributed by atoms with Gasteiger partial charge in [0.15, 0.2) is 0 Å². The van der Waals surface area contributed by atoms with Gasteiger partial charge in [-0.25, -0.2) is 0 Å². The van der Waals surface area contributed by atoms with Gasteiger partial charge >= 0.3 is 0 Å². The third kappa shape index (κ3) is 3.71. The van der Waals surface area contributed by atoms with Crippen molar-refractivity contribution < 1.29 is 15.0 Å². The summed E-state index contributed by atoms with van der Waals surface area (Å²) >= 11 is 0. The van der Waals surface area contributed by atoms with Gasteiger partial charge in [0.1, 0.15) is 5.78 Å². The highest BCUT2D eigenvalue weighted by Gasteiger charge is 2.59. The zero-order valence-corrected chi connectivity index (χ0v) is 19.1. The predicted molar refractivity (Wildman–Crippen MR) is 114 cm³/mol. The van der Waals surface area contributed by atoms with E-state index in [-0.39, 0.29) is 23.0 Å². The van der Waals surface area contributed by atoms with E-state index in [2.05, 4.69) is 34.6 Å². The number of fused-ring (bicyclic) bond motifs is 3. The molecule has 28 heavy (non-hydrogen) atoms. The second kappa shape index (κ2) is 8.02. The summed E-state index contributed by atoms with van der Waals surface area (Å²) in [5.74, 6) is 3.28. The largest absolute Gasteiger partial charge is 0.393 e. The van der Waals surface area contributed by atoms with Crippen LogP contribution in [-0.2, 0) is 4.79 Å². The summed E-state index contributed by atoms with van der Waals surface area (Å²) in [6.07, 6.45) is 7.47. The van der Waals surface area contributed by atoms with Gasteiger partial charge in [0.25, 0.3) is 0 Å². The Morgan fingerprint density at radius 1 is 1.11 bits per heavy atom. The van der Waals surface area contributed by atoms with Gasteiger partial charge in [0.2, 0.25) is 0 Å². The van der Waals surface area contributed by atoms with Crippen LogP contribution in [0.25, 0.3) is 0 Å². The van der Waals surface area contributed by atoms with Crippen molar-refractivity contribution >= 4 is 5.78 Å². The third-order valence-corrected chi connectivity index (χ3v) is 10.2. The summed E-state index contributed by atoms with van der Waals surface area (Å²) in [6.45, 7) is 13.7. The highest BCUT2D eigenvalue weighted by atomic mass is 16.3. The first-order valence-corrected chi connectivity index (χ1v) is 11.9. The number of aliphatic hydroxyl groups excluding tert-OH is 2. The molecule has 0 bridgehead atoms. The molecule has 3 aliphatic carbocycles. The van der Waals surface area contributed by atoms with Crippen molar-refractivity contribution in [3.8, 4) is 0 Å². The molecule has 0 amide bonds. The van der Waals surface area contributed by atoms with Crippen LogP contribution >= 0.6 is 0 Å². The molecule has 3 heteroatoms. The molecule has 10 atom stereocenters. The number of carbonyl (C=O) groups excluding carboxylic acids is 1. The van der Waals surface area contributed by atoms with E-state index in [0.717, 1.165) is 32.1 Å². The van der Waals surface area contributed by atoms with E-state index < -0.39 is 0 Å². The molecule has 3 aliphatic rings. The minimum absolute atomic E-state index is 0.171. The van der Waals surface area contributed by atoms with Crippen LogP contribution in [0.2, 0.25) is 0 Å². The van der Waals surface area contributed by atoms with Crippen molar-refractivity contribution in [2.24, 2.45) is 46.3 Å². The first-order chi connectivity index (χ1) is 13.0. The molecule has 0 aliphatic heterocycles. The number of ketones is 1. The Hall–Kier alpha value is -0.410. The van der Waals surface area contributed by atoms with Gasteiger partial charge in [-0.05, 0) is 98.2 Å². The predicted octanol–water partition coefficient (Wildman–Crippen LogP) is 5.23. The van der Waals surface area contributed by atoms with E-state index in [4.69, 9.17) is 0 Å². The van der Waals surface area contributed by atoms with Crippen LogP contribution < -0.4 is 0 Å². The molecule has 0 radical (unpaired) electrons. The van der Waals surface area contributed by atoms with Crippen LogP contribution in [0.1, 0.15) is 92.9 Å². The molecule has 0 spiro atoms. The molecule has 3 saturated carbocycles. The molecule has 2 N–H and O–H groups in total. The topological polar surface area (TPSA) is 57.5 Å². The average molecular weight is 393 g/mol. The Morgan fingerprint density at radius 3 is 2.43 bits per heavy atom. The van der Waals surface area contributed by atoms with Crippen LogP contribution in [0.4, 0.5) is 0 Å². The Balaban J connectivity index is 1.80. The second-order valence-electron chi connectivity index (χ2n) is 11.5. The fraction of sp³-hybridized carbons (Fsp3) is 0.960. The van der Waals surface area contributed by atoms with Crippen LogP contribution in [0.5, 0.6) is 0 Å². The van der Waals surface area contributed by atoms with Crippen LogP contribution in [0.15, 0.2) is 0 Å². The van der Waals surface area contributed by atoms with Crippen LogP contribution in [0, 0.1) is 46.3 Å². The molecule has 3 nitrogen and oxygen atoms in total. The van der Waals surface area contributed by atoms with Gasteiger partial charge in [0.05, 0.1) is 12.2 Å². The van der Waals surface area contributed by atoms with E-state index >= 15 is 0 Å². The maximum absolute atomic E-state index is 11.5. The molecule has 3 fully saturated rings. The van der Waals surface area contributed by atoms with Gasteiger partial charge in [-0.2, -0.15) is 0 Å². The summed E-state index contributed by atoms with van der Waals surface area (Å²) in [7, 11) is 0. The minimum Gasteiger partial charge on any atom is -0.393 e. The van der Waals surface area contributed by atoms with E-state index in [9.17, 15) is 15.0 Å². The highest BCUT2D eigenvalue weighted by molar-refractivity contribution is 5.75. The molecule has 0 aromatic carbocycles. The van der Waals surface area contributed by atoms with Gasteiger partial charge in [0, 0.05) is 6.42 Å². The maximum atomic E-state index is 11.5. The van der Waals surface area contributed by atoms with Crippen molar-refractivity contribution in [2.75, 3.05) is 0 Å². The summed E-state index contributed by atoms with van der Waals surface area (Å²) in [5.41, 5.74) is 0.498. The fourth-order valence-corrected chi connectivity index (χ4v) is 7.72. The molecule has 3 rings (SSSR count). The Bertz CT molecular complexity index is 574. The van der Waals surface area contributed by atoms with Crippen molar-refractivity contribution in [1.29, 1.82) is 0 Å². The smallest absolute Gasteiger partial charge is 0.129 e. The molecule has 0 saturated heterocycles. The number of aliphatic hydroxyl groups is 2.